The van der Waals surface area contributed by atoms with E-state index in [0.717, 1.165) is 24.4 Å². The van der Waals surface area contributed by atoms with Crippen LogP contribution in [-0.2, 0) is 10.5 Å². The Morgan fingerprint density at radius 1 is 1.33 bits per heavy atom. The third kappa shape index (κ3) is 4.60. The predicted octanol–water partition coefficient (Wildman–Crippen LogP) is 3.67. The summed E-state index contributed by atoms with van der Waals surface area (Å²) in [5.74, 6) is 2.96. The zero-order chi connectivity index (χ0) is 17.1. The van der Waals surface area contributed by atoms with Gasteiger partial charge in [-0.3, -0.25) is 4.79 Å². The van der Waals surface area contributed by atoms with Crippen molar-refractivity contribution in [3.05, 3.63) is 46.6 Å². The first kappa shape index (κ1) is 17.0. The van der Waals surface area contributed by atoms with Crippen LogP contribution in [0, 0.1) is 13.8 Å². The standard InChI is InChI=1S/C18H23N3O2S/c1-11-6-12(2)8-14(7-11)9-24-10-16(22)19-13(3)18-20-17(21-23-18)15-4-5-15/h6-8,13,15H,4-5,9-10H2,1-3H3,(H,19,22)/t13-/m0/s1. The summed E-state index contributed by atoms with van der Waals surface area (Å²) in [4.78, 5) is 16.5. The number of amides is 1. The van der Waals surface area contributed by atoms with Gasteiger partial charge in [0.25, 0.3) is 0 Å². The van der Waals surface area contributed by atoms with E-state index in [9.17, 15) is 4.79 Å². The van der Waals surface area contributed by atoms with Gasteiger partial charge >= 0.3 is 0 Å². The van der Waals surface area contributed by atoms with E-state index < -0.39 is 0 Å². The SMILES string of the molecule is Cc1cc(C)cc(CSCC(=O)N[C@@H](C)c2nc(C3CC3)no2)c1. The van der Waals surface area contributed by atoms with Gasteiger partial charge in [-0.15, -0.1) is 11.8 Å². The van der Waals surface area contributed by atoms with Crippen molar-refractivity contribution in [2.45, 2.75) is 51.3 Å². The Morgan fingerprint density at radius 3 is 2.71 bits per heavy atom. The Hall–Kier alpha value is -1.82. The van der Waals surface area contributed by atoms with Gasteiger partial charge in [0, 0.05) is 11.7 Å². The minimum atomic E-state index is -0.251. The Kier molecular flexibility index (Phi) is 5.23. The normalized spacial score (nSPS) is 15.3. The maximum Gasteiger partial charge on any atom is 0.248 e. The molecule has 5 nitrogen and oxygen atoms in total. The van der Waals surface area contributed by atoms with Crippen molar-refractivity contribution in [1.29, 1.82) is 0 Å². The van der Waals surface area contributed by atoms with Crippen molar-refractivity contribution in [2.24, 2.45) is 0 Å². The fourth-order valence-electron chi connectivity index (χ4n) is 2.69. The van der Waals surface area contributed by atoms with E-state index in [1.165, 1.54) is 16.7 Å². The van der Waals surface area contributed by atoms with Crippen LogP contribution < -0.4 is 5.32 Å². The topological polar surface area (TPSA) is 68.0 Å². The fraction of sp³-hybridized carbons (Fsp3) is 0.500. The van der Waals surface area contributed by atoms with Gasteiger partial charge in [0.1, 0.15) is 6.04 Å². The second-order valence-corrected chi connectivity index (χ2v) is 7.53. The zero-order valence-electron chi connectivity index (χ0n) is 14.3. The van der Waals surface area contributed by atoms with E-state index in [1.54, 1.807) is 11.8 Å². The number of hydrogen-bond donors (Lipinski definition) is 1. The van der Waals surface area contributed by atoms with Gasteiger partial charge in [0.2, 0.25) is 11.8 Å². The minimum absolute atomic E-state index is 0.0111. The zero-order valence-corrected chi connectivity index (χ0v) is 15.2. The van der Waals surface area contributed by atoms with Crippen molar-refractivity contribution in [1.82, 2.24) is 15.5 Å². The molecule has 1 saturated carbocycles. The molecule has 0 radical (unpaired) electrons. The Morgan fingerprint density at radius 2 is 2.04 bits per heavy atom. The van der Waals surface area contributed by atoms with E-state index in [-0.39, 0.29) is 11.9 Å². The maximum absolute atomic E-state index is 12.1. The van der Waals surface area contributed by atoms with Crippen LogP contribution in [0.4, 0.5) is 0 Å². The number of thioether (sulfide) groups is 1. The molecule has 1 heterocycles. The molecule has 1 fully saturated rings. The molecule has 1 atom stereocenters. The monoisotopic (exact) mass is 345 g/mol. The molecule has 1 aliphatic carbocycles. The molecule has 2 aromatic rings. The second kappa shape index (κ2) is 7.38. The third-order valence-corrected chi connectivity index (χ3v) is 4.93. The molecule has 24 heavy (non-hydrogen) atoms. The highest BCUT2D eigenvalue weighted by atomic mass is 32.2. The van der Waals surface area contributed by atoms with Crippen molar-refractivity contribution in [3.8, 4) is 0 Å². The molecule has 0 spiro atoms. The summed E-state index contributed by atoms with van der Waals surface area (Å²) in [7, 11) is 0. The average Bonchev–Trinajstić information content (AvgIpc) is 3.23. The lowest BCUT2D eigenvalue weighted by molar-refractivity contribution is -0.119. The van der Waals surface area contributed by atoms with E-state index in [2.05, 4.69) is 47.5 Å². The number of aryl methyl sites for hydroxylation is 2. The van der Waals surface area contributed by atoms with Crippen molar-refractivity contribution >= 4 is 17.7 Å². The highest BCUT2D eigenvalue weighted by Gasteiger charge is 2.29. The summed E-state index contributed by atoms with van der Waals surface area (Å²) in [6, 6.07) is 6.24. The molecule has 0 saturated heterocycles. The lowest BCUT2D eigenvalue weighted by Crippen LogP contribution is -2.28. The molecular formula is C18H23N3O2S. The number of carbonyl (C=O) groups excluding carboxylic acids is 1. The Balaban J connectivity index is 1.44. The van der Waals surface area contributed by atoms with Gasteiger partial charge in [-0.25, -0.2) is 0 Å². The van der Waals surface area contributed by atoms with Crippen LogP contribution in [0.1, 0.15) is 60.1 Å². The second-order valence-electron chi connectivity index (χ2n) is 6.54. The maximum atomic E-state index is 12.1. The van der Waals surface area contributed by atoms with Crippen molar-refractivity contribution < 1.29 is 9.32 Å². The van der Waals surface area contributed by atoms with Crippen LogP contribution >= 0.6 is 11.8 Å². The fourth-order valence-corrected chi connectivity index (χ4v) is 3.46. The van der Waals surface area contributed by atoms with Gasteiger partial charge in [-0.1, -0.05) is 34.5 Å². The molecule has 1 aliphatic rings. The number of hydrogen-bond acceptors (Lipinski definition) is 5. The molecule has 3 rings (SSSR count). The van der Waals surface area contributed by atoms with Crippen LogP contribution in [0.5, 0.6) is 0 Å². The van der Waals surface area contributed by atoms with Gasteiger partial charge in [-0.05, 0) is 39.2 Å². The summed E-state index contributed by atoms with van der Waals surface area (Å²) in [6.07, 6.45) is 2.27. The first-order valence-electron chi connectivity index (χ1n) is 8.29. The van der Waals surface area contributed by atoms with E-state index >= 15 is 0 Å². The molecule has 0 unspecified atom stereocenters. The summed E-state index contributed by atoms with van der Waals surface area (Å²) < 4.78 is 5.25. The number of benzene rings is 1. The molecule has 0 bridgehead atoms. The highest BCUT2D eigenvalue weighted by molar-refractivity contribution is 7.99. The van der Waals surface area contributed by atoms with Gasteiger partial charge < -0.3 is 9.84 Å². The summed E-state index contributed by atoms with van der Waals surface area (Å²) >= 11 is 1.61. The number of rotatable bonds is 7. The molecular weight excluding hydrogens is 322 g/mol. The molecule has 0 aliphatic heterocycles. The van der Waals surface area contributed by atoms with Crippen LogP contribution in [0.3, 0.4) is 0 Å². The summed E-state index contributed by atoms with van der Waals surface area (Å²) in [5.41, 5.74) is 3.77. The molecule has 128 valence electrons. The number of nitrogens with one attached hydrogen (secondary N) is 1. The number of carbonyl (C=O) groups is 1. The smallest absolute Gasteiger partial charge is 0.248 e. The Bertz CT molecular complexity index is 705. The average molecular weight is 345 g/mol. The number of aromatic nitrogens is 2. The first-order chi connectivity index (χ1) is 11.5. The van der Waals surface area contributed by atoms with E-state index in [0.29, 0.717) is 17.6 Å². The van der Waals surface area contributed by atoms with Crippen LogP contribution in [-0.4, -0.2) is 21.8 Å². The van der Waals surface area contributed by atoms with Crippen LogP contribution in [0.25, 0.3) is 0 Å². The molecule has 1 aromatic heterocycles. The summed E-state index contributed by atoms with van der Waals surface area (Å²) in [5, 5.41) is 6.90. The predicted molar refractivity (Wildman–Crippen MR) is 94.9 cm³/mol. The molecule has 6 heteroatoms. The van der Waals surface area contributed by atoms with Crippen LogP contribution in [0.15, 0.2) is 22.7 Å². The minimum Gasteiger partial charge on any atom is -0.344 e. The van der Waals surface area contributed by atoms with Crippen molar-refractivity contribution in [3.63, 3.8) is 0 Å². The lowest BCUT2D eigenvalue weighted by atomic mass is 10.1. The lowest BCUT2D eigenvalue weighted by Gasteiger charge is -2.10. The first-order valence-corrected chi connectivity index (χ1v) is 9.44. The number of nitrogens with zero attached hydrogens (tertiary/aromatic N) is 2. The molecule has 1 aromatic carbocycles. The molecule has 1 N–H and O–H groups in total. The quantitative estimate of drug-likeness (QED) is 0.829. The summed E-state index contributed by atoms with van der Waals surface area (Å²) in [6.45, 7) is 6.06. The van der Waals surface area contributed by atoms with Gasteiger partial charge in [-0.2, -0.15) is 4.98 Å². The van der Waals surface area contributed by atoms with Crippen molar-refractivity contribution in [2.75, 3.05) is 5.75 Å². The Labute approximate surface area is 146 Å². The largest absolute Gasteiger partial charge is 0.344 e. The third-order valence-electron chi connectivity index (χ3n) is 3.93. The molecule has 1 amide bonds. The van der Waals surface area contributed by atoms with Crippen LogP contribution in [0.2, 0.25) is 0 Å². The highest BCUT2D eigenvalue weighted by Crippen LogP contribution is 2.38. The van der Waals surface area contributed by atoms with E-state index in [4.69, 9.17) is 4.52 Å². The van der Waals surface area contributed by atoms with E-state index in [1.807, 2.05) is 6.92 Å². The van der Waals surface area contributed by atoms with Gasteiger partial charge in [0.15, 0.2) is 5.82 Å². The van der Waals surface area contributed by atoms with Gasteiger partial charge in [0.05, 0.1) is 5.75 Å².